The average Bonchev–Trinajstić information content (AvgIpc) is 2.59. The van der Waals surface area contributed by atoms with Gasteiger partial charge in [-0.25, -0.2) is 0 Å². The van der Waals surface area contributed by atoms with Crippen molar-refractivity contribution in [2.24, 2.45) is 11.1 Å². The van der Waals surface area contributed by atoms with E-state index in [2.05, 4.69) is 30.3 Å². The average molecular weight is 252 g/mol. The number of hydrogen-bond acceptors (Lipinski definition) is 3. The monoisotopic (exact) mass is 251 g/mol. The van der Waals surface area contributed by atoms with Crippen LogP contribution in [0.5, 0.6) is 0 Å². The maximum atomic E-state index is 5.88. The normalized spacial score (nSPS) is 23.1. The highest BCUT2D eigenvalue weighted by atomic mass is 35.5. The number of halogens is 1. The van der Waals surface area contributed by atoms with Gasteiger partial charge in [-0.1, -0.05) is 18.5 Å². The van der Waals surface area contributed by atoms with Gasteiger partial charge in [-0.15, -0.1) is 0 Å². The first-order chi connectivity index (χ1) is 7.98. The van der Waals surface area contributed by atoms with Crippen LogP contribution in [0.25, 0.3) is 0 Å². The van der Waals surface area contributed by atoms with Crippen molar-refractivity contribution in [2.45, 2.75) is 6.92 Å². The van der Waals surface area contributed by atoms with E-state index in [4.69, 9.17) is 17.3 Å². The number of rotatable bonds is 3. The Morgan fingerprint density at radius 2 is 2.06 bits per heavy atom. The minimum absolute atomic E-state index is 0.0818. The van der Waals surface area contributed by atoms with Crippen LogP contribution in [0.3, 0.4) is 0 Å². The number of anilines is 1. The lowest BCUT2D eigenvalue weighted by Gasteiger charge is -2.29. The molecule has 3 N–H and O–H groups in total. The largest absolute Gasteiger partial charge is 0.386 e. The van der Waals surface area contributed by atoms with Gasteiger partial charge in [0.15, 0.2) is 0 Å². The molecular formula is C13H18ClN3. The van der Waals surface area contributed by atoms with Crippen LogP contribution in [-0.2, 0) is 0 Å². The van der Waals surface area contributed by atoms with Crippen LogP contribution in [0.4, 0.5) is 5.69 Å². The van der Waals surface area contributed by atoms with E-state index < -0.39 is 0 Å². The lowest BCUT2D eigenvalue weighted by Crippen LogP contribution is -2.35. The van der Waals surface area contributed by atoms with E-state index in [0.717, 1.165) is 29.6 Å². The van der Waals surface area contributed by atoms with E-state index in [1.807, 2.05) is 24.3 Å². The standard InChI is InChI=1S/C13H18ClN3/c1-13(7-12(15)16-8-13)9-17(2)11-5-3-10(14)4-6-11/h3-7,16H,8-9,15H2,1-2H3/t13-/m0/s1. The molecule has 1 aliphatic rings. The Labute approximate surface area is 107 Å². The van der Waals surface area contributed by atoms with Crippen molar-refractivity contribution >= 4 is 17.3 Å². The molecule has 1 atom stereocenters. The summed E-state index contributed by atoms with van der Waals surface area (Å²) in [7, 11) is 2.08. The smallest absolute Gasteiger partial charge is 0.0926 e. The van der Waals surface area contributed by atoms with Gasteiger partial charge in [-0.3, -0.25) is 0 Å². The summed E-state index contributed by atoms with van der Waals surface area (Å²) < 4.78 is 0. The molecule has 0 saturated heterocycles. The highest BCUT2D eigenvalue weighted by Gasteiger charge is 2.28. The summed E-state index contributed by atoms with van der Waals surface area (Å²) in [4.78, 5) is 2.22. The lowest BCUT2D eigenvalue weighted by molar-refractivity contribution is 0.446. The molecule has 2 rings (SSSR count). The zero-order chi connectivity index (χ0) is 12.5. The zero-order valence-electron chi connectivity index (χ0n) is 10.2. The molecule has 0 aromatic heterocycles. The van der Waals surface area contributed by atoms with Gasteiger partial charge in [0.25, 0.3) is 0 Å². The summed E-state index contributed by atoms with van der Waals surface area (Å²) in [5, 5.41) is 3.93. The number of hydrogen-bond donors (Lipinski definition) is 2. The van der Waals surface area contributed by atoms with Gasteiger partial charge in [-0.2, -0.15) is 0 Å². The van der Waals surface area contributed by atoms with Gasteiger partial charge in [-0.05, 0) is 30.3 Å². The van der Waals surface area contributed by atoms with E-state index in [0.29, 0.717) is 0 Å². The summed E-state index contributed by atoms with van der Waals surface area (Å²) in [5.41, 5.74) is 7.00. The second-order valence-corrected chi connectivity index (χ2v) is 5.38. The van der Waals surface area contributed by atoms with Gasteiger partial charge < -0.3 is 16.0 Å². The topological polar surface area (TPSA) is 41.3 Å². The third kappa shape index (κ3) is 2.86. The highest BCUT2D eigenvalue weighted by Crippen LogP contribution is 2.26. The molecule has 0 bridgehead atoms. The summed E-state index contributed by atoms with van der Waals surface area (Å²) in [6.07, 6.45) is 2.10. The van der Waals surface area contributed by atoms with E-state index in [1.54, 1.807) is 0 Å². The molecule has 17 heavy (non-hydrogen) atoms. The van der Waals surface area contributed by atoms with E-state index >= 15 is 0 Å². The third-order valence-corrected chi connectivity index (χ3v) is 3.32. The quantitative estimate of drug-likeness (QED) is 0.865. The zero-order valence-corrected chi connectivity index (χ0v) is 11.0. The van der Waals surface area contributed by atoms with Crippen LogP contribution in [0.2, 0.25) is 5.02 Å². The van der Waals surface area contributed by atoms with Crippen LogP contribution in [-0.4, -0.2) is 20.1 Å². The molecular weight excluding hydrogens is 234 g/mol. The molecule has 0 fully saturated rings. The Morgan fingerprint density at radius 3 is 2.59 bits per heavy atom. The SMILES string of the molecule is CN(C[C@@]1(C)C=C(N)NC1)c1ccc(Cl)cc1. The fourth-order valence-electron chi connectivity index (χ4n) is 2.21. The summed E-state index contributed by atoms with van der Waals surface area (Å²) in [6.45, 7) is 4.01. The first kappa shape index (κ1) is 12.1. The van der Waals surface area contributed by atoms with Gasteiger partial charge in [0.05, 0.1) is 5.82 Å². The Hall–Kier alpha value is -1.35. The maximum absolute atomic E-state index is 5.88. The van der Waals surface area contributed by atoms with Crippen molar-refractivity contribution in [1.82, 2.24) is 5.32 Å². The fraction of sp³-hybridized carbons (Fsp3) is 0.385. The Bertz CT molecular complexity index is 427. The number of benzene rings is 1. The van der Waals surface area contributed by atoms with Crippen LogP contribution in [0.15, 0.2) is 36.2 Å². The molecule has 0 radical (unpaired) electrons. The van der Waals surface area contributed by atoms with Crippen molar-refractivity contribution in [3.8, 4) is 0 Å². The molecule has 0 amide bonds. The van der Waals surface area contributed by atoms with Gasteiger partial charge in [0, 0.05) is 36.3 Å². The van der Waals surface area contributed by atoms with Crippen molar-refractivity contribution in [1.29, 1.82) is 0 Å². The molecule has 1 aliphatic heterocycles. The molecule has 1 aromatic carbocycles. The summed E-state index contributed by atoms with van der Waals surface area (Å²) in [6, 6.07) is 7.88. The lowest BCUT2D eigenvalue weighted by atomic mass is 9.91. The molecule has 4 heteroatoms. The van der Waals surface area contributed by atoms with E-state index in [9.17, 15) is 0 Å². The van der Waals surface area contributed by atoms with Gasteiger partial charge in [0.2, 0.25) is 0 Å². The molecule has 0 spiro atoms. The van der Waals surface area contributed by atoms with Crippen molar-refractivity contribution < 1.29 is 0 Å². The molecule has 1 aromatic rings. The molecule has 0 aliphatic carbocycles. The van der Waals surface area contributed by atoms with E-state index in [1.165, 1.54) is 0 Å². The van der Waals surface area contributed by atoms with Crippen molar-refractivity contribution in [2.75, 3.05) is 25.0 Å². The molecule has 92 valence electrons. The first-order valence-corrected chi connectivity index (χ1v) is 6.05. The second kappa shape index (κ2) is 4.49. The predicted octanol–water partition coefficient (Wildman–Crippen LogP) is 2.19. The summed E-state index contributed by atoms with van der Waals surface area (Å²) >= 11 is 5.88. The minimum atomic E-state index is 0.0818. The Balaban J connectivity index is 2.07. The Kier molecular flexibility index (Phi) is 3.20. The number of nitrogens with zero attached hydrogens (tertiary/aromatic N) is 1. The van der Waals surface area contributed by atoms with Crippen LogP contribution in [0.1, 0.15) is 6.92 Å². The Morgan fingerprint density at radius 1 is 1.41 bits per heavy atom. The number of nitrogens with one attached hydrogen (secondary N) is 1. The van der Waals surface area contributed by atoms with Crippen molar-refractivity contribution in [3.05, 3.63) is 41.2 Å². The molecule has 0 saturated carbocycles. The van der Waals surface area contributed by atoms with E-state index in [-0.39, 0.29) is 5.41 Å². The first-order valence-electron chi connectivity index (χ1n) is 5.67. The maximum Gasteiger partial charge on any atom is 0.0926 e. The highest BCUT2D eigenvalue weighted by molar-refractivity contribution is 6.30. The molecule has 0 unspecified atom stereocenters. The van der Waals surface area contributed by atoms with Crippen LogP contribution in [0, 0.1) is 5.41 Å². The van der Waals surface area contributed by atoms with Crippen LogP contribution >= 0.6 is 11.6 Å². The van der Waals surface area contributed by atoms with Crippen molar-refractivity contribution in [3.63, 3.8) is 0 Å². The second-order valence-electron chi connectivity index (χ2n) is 4.94. The molecule has 1 heterocycles. The van der Waals surface area contributed by atoms with Crippen LogP contribution < -0.4 is 16.0 Å². The third-order valence-electron chi connectivity index (χ3n) is 3.07. The minimum Gasteiger partial charge on any atom is -0.386 e. The fourth-order valence-corrected chi connectivity index (χ4v) is 2.34. The van der Waals surface area contributed by atoms with Gasteiger partial charge >= 0.3 is 0 Å². The summed E-state index contributed by atoms with van der Waals surface area (Å²) in [5.74, 6) is 0.775. The predicted molar refractivity (Wildman–Crippen MR) is 73.1 cm³/mol. The number of nitrogens with two attached hydrogens (primary N) is 1. The molecule has 3 nitrogen and oxygen atoms in total. The van der Waals surface area contributed by atoms with Gasteiger partial charge in [0.1, 0.15) is 0 Å².